The van der Waals surface area contributed by atoms with Gasteiger partial charge in [-0.15, -0.1) is 24.0 Å². The molecule has 0 aliphatic rings. The topological polar surface area (TPSA) is 70.6 Å². The van der Waals surface area contributed by atoms with E-state index in [0.717, 1.165) is 25.5 Å². The summed E-state index contributed by atoms with van der Waals surface area (Å²) in [5, 5.41) is 6.74. The Kier molecular flexibility index (Phi) is 11.8. The Morgan fingerprint density at radius 1 is 1.03 bits per heavy atom. The van der Waals surface area contributed by atoms with Gasteiger partial charge in [0.2, 0.25) is 0 Å². The van der Waals surface area contributed by atoms with E-state index in [0.29, 0.717) is 13.0 Å². The maximum atomic E-state index is 11.4. The SMILES string of the molecule is CCNC(=NCC(C)(C)CCS(C)(=O)=O)NCC(C)(C)c1ccc(CC)cc1.I. The molecular formula is C22H40IN3O2S. The van der Waals surface area contributed by atoms with Crippen LogP contribution in [0, 0.1) is 5.41 Å². The second kappa shape index (κ2) is 12.1. The van der Waals surface area contributed by atoms with Gasteiger partial charge in [0.05, 0.1) is 5.75 Å². The molecule has 0 aromatic heterocycles. The van der Waals surface area contributed by atoms with Gasteiger partial charge in [-0.3, -0.25) is 4.99 Å². The fraction of sp³-hybridized carbons (Fsp3) is 0.682. The van der Waals surface area contributed by atoms with Crippen LogP contribution in [0.4, 0.5) is 0 Å². The summed E-state index contributed by atoms with van der Waals surface area (Å²) in [7, 11) is -2.95. The molecule has 0 saturated carbocycles. The second-order valence-corrected chi connectivity index (χ2v) is 11.3. The predicted octanol–water partition coefficient (Wildman–Crippen LogP) is 4.16. The molecule has 0 heterocycles. The van der Waals surface area contributed by atoms with Crippen LogP contribution < -0.4 is 10.6 Å². The summed E-state index contributed by atoms with van der Waals surface area (Å²) < 4.78 is 22.9. The number of hydrogen-bond donors (Lipinski definition) is 2. The molecule has 7 heteroatoms. The van der Waals surface area contributed by atoms with Crippen molar-refractivity contribution < 1.29 is 8.42 Å². The lowest BCUT2D eigenvalue weighted by Gasteiger charge is -2.28. The summed E-state index contributed by atoms with van der Waals surface area (Å²) in [4.78, 5) is 4.71. The van der Waals surface area contributed by atoms with Crippen molar-refractivity contribution in [3.8, 4) is 0 Å². The third kappa shape index (κ3) is 11.2. The maximum absolute atomic E-state index is 11.4. The molecular weight excluding hydrogens is 497 g/mol. The van der Waals surface area contributed by atoms with Gasteiger partial charge < -0.3 is 10.6 Å². The van der Waals surface area contributed by atoms with Crippen molar-refractivity contribution in [2.24, 2.45) is 10.4 Å². The quantitative estimate of drug-likeness (QED) is 0.267. The van der Waals surface area contributed by atoms with Gasteiger partial charge >= 0.3 is 0 Å². The molecule has 0 radical (unpaired) electrons. The molecule has 1 aromatic rings. The molecule has 0 spiro atoms. The van der Waals surface area contributed by atoms with Gasteiger partial charge in [-0.05, 0) is 36.3 Å². The lowest BCUT2D eigenvalue weighted by atomic mass is 9.84. The first kappa shape index (κ1) is 28.2. The predicted molar refractivity (Wildman–Crippen MR) is 136 cm³/mol. The smallest absolute Gasteiger partial charge is 0.191 e. The molecule has 0 aliphatic carbocycles. The number of guanidine groups is 1. The van der Waals surface area contributed by atoms with Gasteiger partial charge in [0, 0.05) is 31.3 Å². The first-order valence-corrected chi connectivity index (χ1v) is 12.2. The maximum Gasteiger partial charge on any atom is 0.191 e. The van der Waals surface area contributed by atoms with E-state index >= 15 is 0 Å². The van der Waals surface area contributed by atoms with E-state index < -0.39 is 9.84 Å². The summed E-state index contributed by atoms with van der Waals surface area (Å²) in [6.45, 7) is 14.9. The highest BCUT2D eigenvalue weighted by molar-refractivity contribution is 14.0. The fourth-order valence-electron chi connectivity index (χ4n) is 2.77. The fourth-order valence-corrected chi connectivity index (χ4v) is 3.70. The summed E-state index contributed by atoms with van der Waals surface area (Å²) in [6, 6.07) is 8.80. The molecule has 0 atom stereocenters. The molecule has 168 valence electrons. The van der Waals surface area contributed by atoms with E-state index in [1.807, 2.05) is 6.92 Å². The highest BCUT2D eigenvalue weighted by Gasteiger charge is 2.22. The zero-order valence-corrected chi connectivity index (χ0v) is 22.3. The summed E-state index contributed by atoms with van der Waals surface area (Å²) in [6.07, 6.45) is 2.93. The molecule has 5 nitrogen and oxygen atoms in total. The van der Waals surface area contributed by atoms with Crippen LogP contribution in [0.3, 0.4) is 0 Å². The van der Waals surface area contributed by atoms with Gasteiger partial charge in [0.1, 0.15) is 9.84 Å². The summed E-state index contributed by atoms with van der Waals surface area (Å²) in [5.41, 5.74) is 2.44. The summed E-state index contributed by atoms with van der Waals surface area (Å²) >= 11 is 0. The van der Waals surface area contributed by atoms with Crippen molar-refractivity contribution in [1.82, 2.24) is 10.6 Å². The van der Waals surface area contributed by atoms with Crippen LogP contribution in [0.15, 0.2) is 29.3 Å². The number of nitrogens with zero attached hydrogens (tertiary/aromatic N) is 1. The number of aliphatic imine (C=N–C) groups is 1. The first-order chi connectivity index (χ1) is 12.9. The molecule has 0 saturated heterocycles. The van der Waals surface area contributed by atoms with Crippen LogP contribution in [0.2, 0.25) is 0 Å². The zero-order valence-electron chi connectivity index (χ0n) is 19.1. The Labute approximate surface area is 195 Å². The van der Waals surface area contributed by atoms with Crippen molar-refractivity contribution in [2.45, 2.75) is 59.8 Å². The average Bonchev–Trinajstić information content (AvgIpc) is 2.62. The van der Waals surface area contributed by atoms with Gasteiger partial charge in [-0.2, -0.15) is 0 Å². The Bertz CT molecular complexity index is 742. The number of rotatable bonds is 10. The number of benzene rings is 1. The minimum Gasteiger partial charge on any atom is -0.357 e. The normalized spacial score (nSPS) is 13.0. The monoisotopic (exact) mass is 537 g/mol. The Morgan fingerprint density at radius 2 is 1.62 bits per heavy atom. The van der Waals surface area contributed by atoms with E-state index in [2.05, 4.69) is 69.5 Å². The molecule has 0 aliphatic heterocycles. The first-order valence-electron chi connectivity index (χ1n) is 10.2. The minimum absolute atomic E-state index is 0. The van der Waals surface area contributed by atoms with Crippen molar-refractivity contribution in [3.05, 3.63) is 35.4 Å². The zero-order chi connectivity index (χ0) is 21.4. The third-order valence-electron chi connectivity index (χ3n) is 5.00. The molecule has 0 unspecified atom stereocenters. The second-order valence-electron chi connectivity index (χ2n) is 9.03. The number of aryl methyl sites for hydroxylation is 1. The van der Waals surface area contributed by atoms with E-state index in [4.69, 9.17) is 4.99 Å². The van der Waals surface area contributed by atoms with Gasteiger partial charge in [0.25, 0.3) is 0 Å². The number of halogens is 1. The molecule has 0 fully saturated rings. The van der Waals surface area contributed by atoms with Crippen LogP contribution in [-0.4, -0.2) is 46.0 Å². The van der Waals surface area contributed by atoms with E-state index in [1.165, 1.54) is 17.4 Å². The van der Waals surface area contributed by atoms with Crippen molar-refractivity contribution in [1.29, 1.82) is 0 Å². The number of hydrogen-bond acceptors (Lipinski definition) is 3. The minimum atomic E-state index is -2.95. The highest BCUT2D eigenvalue weighted by atomic mass is 127. The van der Waals surface area contributed by atoms with E-state index in [-0.39, 0.29) is 40.6 Å². The Morgan fingerprint density at radius 3 is 2.10 bits per heavy atom. The van der Waals surface area contributed by atoms with Crippen LogP contribution >= 0.6 is 24.0 Å². The van der Waals surface area contributed by atoms with E-state index in [1.54, 1.807) is 0 Å². The lowest BCUT2D eigenvalue weighted by Crippen LogP contribution is -2.44. The Balaban J connectivity index is 0.00000784. The number of sulfone groups is 1. The third-order valence-corrected chi connectivity index (χ3v) is 5.95. The lowest BCUT2D eigenvalue weighted by molar-refractivity contribution is 0.365. The molecule has 29 heavy (non-hydrogen) atoms. The molecule has 0 amide bonds. The van der Waals surface area contributed by atoms with Crippen molar-refractivity contribution in [3.63, 3.8) is 0 Å². The number of nitrogens with one attached hydrogen (secondary N) is 2. The Hall–Kier alpha value is -0.830. The van der Waals surface area contributed by atoms with Crippen molar-refractivity contribution >= 4 is 39.8 Å². The summed E-state index contributed by atoms with van der Waals surface area (Å²) in [5.74, 6) is 0.966. The average molecular weight is 538 g/mol. The standard InChI is InChI=1S/C22H39N3O2S.HI/c1-8-18-10-12-19(13-11-18)22(5,6)17-25-20(23-9-2)24-16-21(3,4)14-15-28(7,26)27;/h10-13H,8-9,14-17H2,1-7H3,(H2,23,24,25);1H. The molecule has 1 rings (SSSR count). The van der Waals surface area contributed by atoms with E-state index in [9.17, 15) is 8.42 Å². The highest BCUT2D eigenvalue weighted by Crippen LogP contribution is 2.23. The van der Waals surface area contributed by atoms with Gasteiger partial charge in [-0.1, -0.05) is 58.9 Å². The largest absolute Gasteiger partial charge is 0.357 e. The molecule has 2 N–H and O–H groups in total. The van der Waals surface area contributed by atoms with Crippen LogP contribution in [-0.2, 0) is 21.7 Å². The van der Waals surface area contributed by atoms with Crippen molar-refractivity contribution in [2.75, 3.05) is 31.6 Å². The van der Waals surface area contributed by atoms with Crippen LogP contribution in [0.25, 0.3) is 0 Å². The van der Waals surface area contributed by atoms with Crippen LogP contribution in [0.1, 0.15) is 59.1 Å². The van der Waals surface area contributed by atoms with Gasteiger partial charge in [0.15, 0.2) is 5.96 Å². The molecule has 0 bridgehead atoms. The van der Waals surface area contributed by atoms with Gasteiger partial charge in [-0.25, -0.2) is 8.42 Å². The molecule has 1 aromatic carbocycles. The van der Waals surface area contributed by atoms with Crippen LogP contribution in [0.5, 0.6) is 0 Å².